The van der Waals surface area contributed by atoms with Crippen LogP contribution in [0, 0.1) is 0 Å². The van der Waals surface area contributed by atoms with Gasteiger partial charge in [0.1, 0.15) is 0 Å². The van der Waals surface area contributed by atoms with Crippen molar-refractivity contribution in [3.05, 3.63) is 29.8 Å². The summed E-state index contributed by atoms with van der Waals surface area (Å²) in [7, 11) is -0.990. The second-order valence-electron chi connectivity index (χ2n) is 6.27. The quantitative estimate of drug-likeness (QED) is 0.721. The van der Waals surface area contributed by atoms with Gasteiger partial charge in [-0.3, -0.25) is 4.21 Å². The summed E-state index contributed by atoms with van der Waals surface area (Å²) in [6, 6.07) is 7.05. The Morgan fingerprint density at radius 2 is 1.74 bits per heavy atom. The van der Waals surface area contributed by atoms with E-state index in [-0.39, 0.29) is 6.03 Å². The zero-order valence-electron chi connectivity index (χ0n) is 13.6. The molecule has 1 aromatic carbocycles. The molecular formula is C17H26N2O3S. The number of urea groups is 1. The topological polar surface area (TPSA) is 78.4 Å². The summed E-state index contributed by atoms with van der Waals surface area (Å²) >= 11 is 0. The highest BCUT2D eigenvalue weighted by Gasteiger charge is 2.28. The summed E-state index contributed by atoms with van der Waals surface area (Å²) < 4.78 is 11.3. The van der Waals surface area contributed by atoms with Crippen molar-refractivity contribution in [1.82, 2.24) is 10.6 Å². The molecule has 1 aromatic rings. The van der Waals surface area contributed by atoms with Gasteiger partial charge in [-0.25, -0.2) is 4.79 Å². The van der Waals surface area contributed by atoms with Crippen LogP contribution in [0.5, 0.6) is 0 Å². The van der Waals surface area contributed by atoms with E-state index in [1.165, 1.54) is 0 Å². The predicted molar refractivity (Wildman–Crippen MR) is 91.7 cm³/mol. The molecule has 1 aliphatic rings. The van der Waals surface area contributed by atoms with Gasteiger partial charge in [-0.05, 0) is 30.5 Å². The van der Waals surface area contributed by atoms with E-state index in [0.717, 1.165) is 49.0 Å². The van der Waals surface area contributed by atoms with Gasteiger partial charge < -0.3 is 15.7 Å². The van der Waals surface area contributed by atoms with Crippen LogP contribution in [0.3, 0.4) is 0 Å². The molecule has 5 nitrogen and oxygen atoms in total. The number of carbonyl (C=O) groups is 1. The van der Waals surface area contributed by atoms with Crippen LogP contribution in [0.15, 0.2) is 29.2 Å². The molecule has 2 amide bonds. The molecule has 1 saturated carbocycles. The molecule has 23 heavy (non-hydrogen) atoms. The van der Waals surface area contributed by atoms with Crippen molar-refractivity contribution in [2.24, 2.45) is 0 Å². The van der Waals surface area contributed by atoms with E-state index in [0.29, 0.717) is 13.1 Å². The van der Waals surface area contributed by atoms with E-state index in [1.807, 2.05) is 12.1 Å². The number of nitrogens with one attached hydrogen (secondary N) is 2. The van der Waals surface area contributed by atoms with Gasteiger partial charge in [0.25, 0.3) is 0 Å². The van der Waals surface area contributed by atoms with Gasteiger partial charge in [-0.15, -0.1) is 0 Å². The molecule has 0 bridgehead atoms. The van der Waals surface area contributed by atoms with Crippen LogP contribution in [-0.2, 0) is 17.3 Å². The van der Waals surface area contributed by atoms with Gasteiger partial charge in [-0.2, -0.15) is 0 Å². The summed E-state index contributed by atoms with van der Waals surface area (Å²) in [6.07, 6.45) is 7.50. The van der Waals surface area contributed by atoms with Crippen LogP contribution in [0.25, 0.3) is 0 Å². The molecule has 6 heteroatoms. The minimum atomic E-state index is -0.990. The van der Waals surface area contributed by atoms with Crippen molar-refractivity contribution in [2.75, 3.05) is 12.8 Å². The number of rotatable bonds is 5. The Kier molecular flexibility index (Phi) is 6.59. The van der Waals surface area contributed by atoms with Crippen molar-refractivity contribution in [3.8, 4) is 0 Å². The summed E-state index contributed by atoms with van der Waals surface area (Å²) in [6.45, 7) is 0.702. The Balaban J connectivity index is 1.75. The Hall–Kier alpha value is -1.40. The molecular weight excluding hydrogens is 312 g/mol. The standard InChI is InChI=1S/C17H26N2O3S/c1-23(22)15-8-6-14(7-9-15)12-18-16(20)19-13-17(21)10-4-2-3-5-11-17/h6-9,21H,2-5,10-13H2,1H3,(H2,18,19,20). The molecule has 128 valence electrons. The van der Waals surface area contributed by atoms with Crippen molar-refractivity contribution >= 4 is 16.8 Å². The fourth-order valence-corrected chi connectivity index (χ4v) is 3.37. The first-order valence-corrected chi connectivity index (χ1v) is 9.71. The van der Waals surface area contributed by atoms with E-state index < -0.39 is 16.4 Å². The highest BCUT2D eigenvalue weighted by Crippen LogP contribution is 2.26. The van der Waals surface area contributed by atoms with E-state index in [4.69, 9.17) is 0 Å². The summed E-state index contributed by atoms with van der Waals surface area (Å²) in [5.41, 5.74) is 0.184. The van der Waals surface area contributed by atoms with Gasteiger partial charge in [0, 0.05) is 35.0 Å². The lowest BCUT2D eigenvalue weighted by molar-refractivity contribution is 0.0277. The third-order valence-corrected chi connectivity index (χ3v) is 5.26. The maximum absolute atomic E-state index is 11.9. The number of benzene rings is 1. The second kappa shape index (κ2) is 8.45. The molecule has 0 spiro atoms. The van der Waals surface area contributed by atoms with Crippen LogP contribution in [0.1, 0.15) is 44.1 Å². The number of amides is 2. The van der Waals surface area contributed by atoms with Crippen molar-refractivity contribution in [1.29, 1.82) is 0 Å². The summed E-state index contributed by atoms with van der Waals surface area (Å²) in [5, 5.41) is 16.1. The number of hydrogen-bond donors (Lipinski definition) is 3. The molecule has 2 rings (SSSR count). The smallest absolute Gasteiger partial charge is 0.315 e. The van der Waals surface area contributed by atoms with Crippen molar-refractivity contribution in [3.63, 3.8) is 0 Å². The molecule has 0 saturated heterocycles. The van der Waals surface area contributed by atoms with Gasteiger partial charge in [-0.1, -0.05) is 37.8 Å². The molecule has 1 unspecified atom stereocenters. The van der Waals surface area contributed by atoms with Gasteiger partial charge in [0.15, 0.2) is 0 Å². The first-order chi connectivity index (χ1) is 11.0. The maximum Gasteiger partial charge on any atom is 0.315 e. The van der Waals surface area contributed by atoms with E-state index >= 15 is 0 Å². The number of hydrogen-bond acceptors (Lipinski definition) is 3. The third kappa shape index (κ3) is 5.95. The van der Waals surface area contributed by atoms with Gasteiger partial charge in [0.2, 0.25) is 0 Å². The van der Waals surface area contributed by atoms with Crippen LogP contribution in [0.2, 0.25) is 0 Å². The second-order valence-corrected chi connectivity index (χ2v) is 7.65. The highest BCUT2D eigenvalue weighted by molar-refractivity contribution is 7.84. The van der Waals surface area contributed by atoms with Crippen molar-refractivity contribution < 1.29 is 14.1 Å². The molecule has 1 aliphatic carbocycles. The molecule has 1 atom stereocenters. The summed E-state index contributed by atoms with van der Waals surface area (Å²) in [5.74, 6) is 0. The first-order valence-electron chi connectivity index (χ1n) is 8.15. The van der Waals surface area contributed by atoms with Gasteiger partial charge in [0.05, 0.1) is 5.60 Å². The number of aliphatic hydroxyl groups is 1. The third-order valence-electron chi connectivity index (χ3n) is 4.32. The average molecular weight is 338 g/mol. The number of carbonyl (C=O) groups excluding carboxylic acids is 1. The Morgan fingerprint density at radius 1 is 1.13 bits per heavy atom. The lowest BCUT2D eigenvalue weighted by atomic mass is 9.95. The SMILES string of the molecule is CS(=O)c1ccc(CNC(=O)NCC2(O)CCCCCC2)cc1. The lowest BCUT2D eigenvalue weighted by Gasteiger charge is -2.26. The fraction of sp³-hybridized carbons (Fsp3) is 0.588. The fourth-order valence-electron chi connectivity index (χ4n) is 2.85. The molecule has 0 heterocycles. The first kappa shape index (κ1) is 17.9. The largest absolute Gasteiger partial charge is 0.388 e. The molecule has 0 aromatic heterocycles. The lowest BCUT2D eigenvalue weighted by Crippen LogP contribution is -2.46. The molecule has 3 N–H and O–H groups in total. The van der Waals surface area contributed by atoms with Gasteiger partial charge >= 0.3 is 6.03 Å². The zero-order chi connectivity index (χ0) is 16.7. The highest BCUT2D eigenvalue weighted by atomic mass is 32.2. The summed E-state index contributed by atoms with van der Waals surface area (Å²) in [4.78, 5) is 12.7. The van der Waals surface area contributed by atoms with Crippen molar-refractivity contribution in [2.45, 2.75) is 55.6 Å². The minimum absolute atomic E-state index is 0.272. The Bertz CT molecular complexity index is 537. The van der Waals surface area contributed by atoms with Crippen LogP contribution >= 0.6 is 0 Å². The van der Waals surface area contributed by atoms with Crippen LogP contribution < -0.4 is 10.6 Å². The molecule has 0 aliphatic heterocycles. The zero-order valence-corrected chi connectivity index (χ0v) is 14.5. The predicted octanol–water partition coefficient (Wildman–Crippen LogP) is 2.31. The normalized spacial score (nSPS) is 18.7. The Morgan fingerprint density at radius 3 is 2.30 bits per heavy atom. The van der Waals surface area contributed by atoms with Crippen LogP contribution in [0.4, 0.5) is 4.79 Å². The Labute approximate surface area is 140 Å². The average Bonchev–Trinajstić information content (AvgIpc) is 2.76. The van der Waals surface area contributed by atoms with E-state index in [1.54, 1.807) is 18.4 Å². The molecule has 0 radical (unpaired) electrons. The minimum Gasteiger partial charge on any atom is -0.388 e. The van der Waals surface area contributed by atoms with E-state index in [2.05, 4.69) is 10.6 Å². The van der Waals surface area contributed by atoms with Crippen LogP contribution in [-0.4, -0.2) is 33.7 Å². The maximum atomic E-state index is 11.9. The van der Waals surface area contributed by atoms with E-state index in [9.17, 15) is 14.1 Å². The monoisotopic (exact) mass is 338 g/mol. The molecule has 1 fully saturated rings.